The van der Waals surface area contributed by atoms with E-state index in [1.54, 1.807) is 0 Å². The van der Waals surface area contributed by atoms with E-state index in [4.69, 9.17) is 9.05 Å². The Morgan fingerprint density at radius 2 is 1.68 bits per heavy atom. The summed E-state index contributed by atoms with van der Waals surface area (Å²) < 4.78 is 11.0. The molecule has 124 valence electrons. The molecule has 3 heteroatoms. The molecule has 0 aromatic heterocycles. The molecule has 0 aliphatic heterocycles. The highest BCUT2D eigenvalue weighted by atomic mass is 31.2. The minimum absolute atomic E-state index is 0.659. The molecule has 0 atom stereocenters. The molecule has 0 saturated heterocycles. The lowest BCUT2D eigenvalue weighted by Gasteiger charge is -2.09. The maximum absolute atomic E-state index is 5.51. The predicted molar refractivity (Wildman–Crippen MR) is 99.0 cm³/mol. The van der Waals surface area contributed by atoms with Crippen molar-refractivity contribution in [1.82, 2.24) is 0 Å². The van der Waals surface area contributed by atoms with Crippen molar-refractivity contribution in [2.45, 2.75) is 54.4 Å². The zero-order valence-electron chi connectivity index (χ0n) is 15.0. The first-order valence-electron chi connectivity index (χ1n) is 7.95. The second kappa shape index (κ2) is 13.7. The Morgan fingerprint density at radius 1 is 1.05 bits per heavy atom. The van der Waals surface area contributed by atoms with E-state index >= 15 is 0 Å². The Labute approximate surface area is 138 Å². The maximum atomic E-state index is 5.51. The first-order valence-corrected chi connectivity index (χ1v) is 9.19. The van der Waals surface area contributed by atoms with Crippen molar-refractivity contribution < 1.29 is 9.05 Å². The van der Waals surface area contributed by atoms with Gasteiger partial charge in [-0.3, -0.25) is 0 Å². The van der Waals surface area contributed by atoms with Crippen LogP contribution in [0.4, 0.5) is 0 Å². The van der Waals surface area contributed by atoms with E-state index in [0.717, 1.165) is 18.4 Å². The quantitative estimate of drug-likeness (QED) is 0.193. The molecule has 0 heterocycles. The normalized spacial score (nSPS) is 11.7. The molecule has 0 bridgehead atoms. The van der Waals surface area contributed by atoms with Gasteiger partial charge in [0.1, 0.15) is 0 Å². The molecule has 0 radical (unpaired) electrons. The van der Waals surface area contributed by atoms with Gasteiger partial charge in [0.15, 0.2) is 0 Å². The standard InChI is InChI=1S/C19H31O2P/c1-7-20-22(21-8-2)16-15-19(6)14-10-13-18(5)12-9-11-17(3)4/h10-11,13-14,16H,7-9,12H2,1-6H3/b14-10+,18-13+. The van der Waals surface area contributed by atoms with Crippen LogP contribution in [0, 0.1) is 0 Å². The summed E-state index contributed by atoms with van der Waals surface area (Å²) in [6, 6.07) is 0. The highest BCUT2D eigenvalue weighted by Gasteiger charge is 2.02. The fourth-order valence-corrected chi connectivity index (χ4v) is 2.64. The Morgan fingerprint density at radius 3 is 2.23 bits per heavy atom. The molecule has 2 nitrogen and oxygen atoms in total. The molecule has 0 amide bonds. The first-order chi connectivity index (χ1) is 10.5. The number of allylic oxidation sites excluding steroid dienone is 7. The number of rotatable bonds is 10. The van der Waals surface area contributed by atoms with Crippen LogP contribution in [-0.4, -0.2) is 13.2 Å². The van der Waals surface area contributed by atoms with E-state index in [9.17, 15) is 0 Å². The molecule has 0 fully saturated rings. The van der Waals surface area contributed by atoms with Crippen LogP contribution in [0.15, 0.2) is 52.6 Å². The molecule has 0 aliphatic rings. The van der Waals surface area contributed by atoms with Gasteiger partial charge in [0.2, 0.25) is 8.38 Å². The fourth-order valence-electron chi connectivity index (χ4n) is 1.60. The van der Waals surface area contributed by atoms with Gasteiger partial charge in [0.25, 0.3) is 0 Å². The third-order valence-electron chi connectivity index (χ3n) is 2.73. The van der Waals surface area contributed by atoms with Crippen molar-refractivity contribution in [3.63, 3.8) is 0 Å². The zero-order valence-corrected chi connectivity index (χ0v) is 15.9. The number of hydrogen-bond donors (Lipinski definition) is 0. The zero-order chi connectivity index (χ0) is 16.8. The summed E-state index contributed by atoms with van der Waals surface area (Å²) in [5.74, 6) is 1.90. The largest absolute Gasteiger partial charge is 0.331 e. The van der Waals surface area contributed by atoms with Crippen LogP contribution in [0.25, 0.3) is 0 Å². The van der Waals surface area contributed by atoms with E-state index in [0.29, 0.717) is 13.2 Å². The highest BCUT2D eigenvalue weighted by molar-refractivity contribution is 7.50. The molecular weight excluding hydrogens is 291 g/mol. The third kappa shape index (κ3) is 12.8. The van der Waals surface area contributed by atoms with Crippen molar-refractivity contribution in [2.24, 2.45) is 0 Å². The Bertz CT molecular complexity index is 442. The molecule has 0 saturated carbocycles. The molecule has 0 aromatic rings. The summed E-state index contributed by atoms with van der Waals surface area (Å²) in [7, 11) is -0.948. The van der Waals surface area contributed by atoms with Gasteiger partial charge in [0.05, 0.1) is 13.2 Å². The first kappa shape index (κ1) is 21.1. The SMILES string of the molecule is CCOP(C=C=C(C)/C=C/C=C(\C)CCC=C(C)C)OCC. The summed E-state index contributed by atoms with van der Waals surface area (Å²) in [6.45, 7) is 13.7. The molecular formula is C19H31O2P. The van der Waals surface area contributed by atoms with Gasteiger partial charge in [0, 0.05) is 5.82 Å². The van der Waals surface area contributed by atoms with Crippen LogP contribution in [0.2, 0.25) is 0 Å². The Hall–Kier alpha value is -0.910. The van der Waals surface area contributed by atoms with Crippen LogP contribution in [-0.2, 0) is 9.05 Å². The van der Waals surface area contributed by atoms with Gasteiger partial charge in [-0.2, -0.15) is 0 Å². The van der Waals surface area contributed by atoms with E-state index in [1.165, 1.54) is 11.1 Å². The van der Waals surface area contributed by atoms with Crippen LogP contribution in [0.3, 0.4) is 0 Å². The van der Waals surface area contributed by atoms with Crippen LogP contribution < -0.4 is 0 Å². The third-order valence-corrected chi connectivity index (χ3v) is 4.09. The van der Waals surface area contributed by atoms with Gasteiger partial charge < -0.3 is 9.05 Å². The van der Waals surface area contributed by atoms with Crippen LogP contribution >= 0.6 is 8.38 Å². The average Bonchev–Trinajstić information content (AvgIpc) is 2.45. The lowest BCUT2D eigenvalue weighted by Crippen LogP contribution is -1.86. The molecule has 0 aromatic carbocycles. The lowest BCUT2D eigenvalue weighted by atomic mass is 10.1. The predicted octanol–water partition coefficient (Wildman–Crippen LogP) is 6.68. The minimum Gasteiger partial charge on any atom is -0.331 e. The van der Waals surface area contributed by atoms with E-state index < -0.39 is 8.38 Å². The van der Waals surface area contributed by atoms with E-state index in [2.05, 4.69) is 50.8 Å². The van der Waals surface area contributed by atoms with Crippen LogP contribution in [0.1, 0.15) is 54.4 Å². The highest BCUT2D eigenvalue weighted by Crippen LogP contribution is 2.39. The van der Waals surface area contributed by atoms with Gasteiger partial charge in [-0.15, -0.1) is 5.73 Å². The summed E-state index contributed by atoms with van der Waals surface area (Å²) in [6.07, 6.45) is 10.8. The lowest BCUT2D eigenvalue weighted by molar-refractivity contribution is 0.276. The minimum atomic E-state index is -0.948. The van der Waals surface area contributed by atoms with Gasteiger partial charge in [-0.25, -0.2) is 0 Å². The van der Waals surface area contributed by atoms with Gasteiger partial charge in [-0.05, 0) is 60.0 Å². The van der Waals surface area contributed by atoms with Gasteiger partial charge >= 0.3 is 0 Å². The molecule has 0 spiro atoms. The summed E-state index contributed by atoms with van der Waals surface area (Å²) in [4.78, 5) is 0. The fraction of sp³-hybridized carbons (Fsp3) is 0.526. The summed E-state index contributed by atoms with van der Waals surface area (Å²) >= 11 is 0. The maximum Gasteiger partial charge on any atom is 0.205 e. The van der Waals surface area contributed by atoms with Gasteiger partial charge in [-0.1, -0.05) is 35.5 Å². The smallest absolute Gasteiger partial charge is 0.205 e. The summed E-state index contributed by atoms with van der Waals surface area (Å²) in [5, 5.41) is 0. The molecule has 0 N–H and O–H groups in total. The van der Waals surface area contributed by atoms with E-state index in [-0.39, 0.29) is 0 Å². The van der Waals surface area contributed by atoms with Crippen molar-refractivity contribution in [2.75, 3.05) is 13.2 Å². The van der Waals surface area contributed by atoms with E-state index in [1.807, 2.05) is 26.6 Å². The monoisotopic (exact) mass is 322 g/mol. The molecule has 0 rings (SSSR count). The van der Waals surface area contributed by atoms with Crippen molar-refractivity contribution >= 4 is 8.38 Å². The second-order valence-electron chi connectivity index (χ2n) is 5.27. The molecule has 0 unspecified atom stereocenters. The Balaban J connectivity index is 4.51. The van der Waals surface area contributed by atoms with Crippen LogP contribution in [0.5, 0.6) is 0 Å². The molecule has 22 heavy (non-hydrogen) atoms. The second-order valence-corrected chi connectivity index (χ2v) is 6.61. The Kier molecular flexibility index (Phi) is 13.2. The van der Waals surface area contributed by atoms with Crippen molar-refractivity contribution in [1.29, 1.82) is 0 Å². The average molecular weight is 322 g/mol. The summed E-state index contributed by atoms with van der Waals surface area (Å²) in [5.41, 5.74) is 7.07. The van der Waals surface area contributed by atoms with Crippen molar-refractivity contribution in [3.05, 3.63) is 52.6 Å². The topological polar surface area (TPSA) is 18.5 Å². The number of hydrogen-bond acceptors (Lipinski definition) is 2. The molecule has 0 aliphatic carbocycles. The van der Waals surface area contributed by atoms with Crippen molar-refractivity contribution in [3.8, 4) is 0 Å².